The molecule has 0 aliphatic heterocycles. The molecule has 0 saturated carbocycles. The van der Waals surface area contributed by atoms with Crippen LogP contribution in [-0.4, -0.2) is 89.0 Å². The van der Waals surface area contributed by atoms with E-state index in [0.717, 1.165) is 0 Å². The van der Waals surface area contributed by atoms with Crippen LogP contribution in [0.25, 0.3) is 0 Å². The molecule has 0 unspecified atom stereocenters. The normalized spacial score (nSPS) is 12.8. The lowest BCUT2D eigenvalue weighted by Crippen LogP contribution is -2.39. The molecule has 0 aromatic rings. The summed E-state index contributed by atoms with van der Waals surface area (Å²) in [5.41, 5.74) is 0. The predicted molar refractivity (Wildman–Crippen MR) is 71.1 cm³/mol. The van der Waals surface area contributed by atoms with Crippen LogP contribution in [0.5, 0.6) is 0 Å². The van der Waals surface area contributed by atoms with Gasteiger partial charge in [-0.25, -0.2) is 14.4 Å². The molecule has 0 aliphatic carbocycles. The van der Waals surface area contributed by atoms with E-state index in [2.05, 4.69) is 0 Å². The Morgan fingerprint density at radius 3 is 0.917 bits per heavy atom. The fraction of sp³-hybridized carbons (Fsp3) is 0.545. The van der Waals surface area contributed by atoms with Gasteiger partial charge in [-0.05, 0) is 6.92 Å². The Morgan fingerprint density at radius 2 is 0.833 bits per heavy atom. The average molecular weight is 358 g/mol. The quantitative estimate of drug-likeness (QED) is 0.230. The van der Waals surface area contributed by atoms with Crippen molar-refractivity contribution in [1.29, 1.82) is 0 Å². The van der Waals surface area contributed by atoms with Crippen LogP contribution in [0.15, 0.2) is 0 Å². The maximum atomic E-state index is 9.77. The van der Waals surface area contributed by atoms with Gasteiger partial charge in [0.1, 0.15) is 6.10 Å². The standard InChI is InChI=1S/C4H6O6.C4H6O4.C3H6O3/c5-1(3(7)8)2(6)4(9)10;5-3(6)1-2-4(7)8;1-2(4)3(5)6/h1-2,5-6H,(H,7,8)(H,9,10);1-2H2,(H,5,6)(H,7,8);2,4H,1H3,(H,5,6)/t1-,2-;;2-/m1.0/s1. The van der Waals surface area contributed by atoms with E-state index in [1.54, 1.807) is 0 Å². The second kappa shape index (κ2) is 13.9. The average Bonchev–Trinajstić information content (AvgIpc) is 2.44. The highest BCUT2D eigenvalue weighted by molar-refractivity contribution is 5.83. The zero-order chi connectivity index (χ0) is 20.0. The van der Waals surface area contributed by atoms with Crippen molar-refractivity contribution in [2.45, 2.75) is 38.1 Å². The maximum Gasteiger partial charge on any atom is 0.335 e. The van der Waals surface area contributed by atoms with E-state index in [1.807, 2.05) is 0 Å². The molecule has 0 saturated heterocycles. The Balaban J connectivity index is -0.000000285. The lowest BCUT2D eigenvalue weighted by Gasteiger charge is -2.07. The van der Waals surface area contributed by atoms with Gasteiger partial charge in [-0.1, -0.05) is 0 Å². The summed E-state index contributed by atoms with van der Waals surface area (Å²) in [7, 11) is 0. The van der Waals surface area contributed by atoms with Crippen LogP contribution in [0.4, 0.5) is 0 Å². The van der Waals surface area contributed by atoms with Crippen LogP contribution in [-0.2, 0) is 24.0 Å². The van der Waals surface area contributed by atoms with Gasteiger partial charge in [0.2, 0.25) is 0 Å². The number of hydrogen-bond acceptors (Lipinski definition) is 8. The molecule has 0 amide bonds. The van der Waals surface area contributed by atoms with E-state index < -0.39 is 48.2 Å². The molecule has 0 rings (SSSR count). The Labute approximate surface area is 134 Å². The van der Waals surface area contributed by atoms with Gasteiger partial charge in [-0.2, -0.15) is 0 Å². The summed E-state index contributed by atoms with van der Waals surface area (Å²) in [5, 5.41) is 64.1. The summed E-state index contributed by atoms with van der Waals surface area (Å²) in [5.74, 6) is -6.88. The molecule has 0 bridgehead atoms. The topological polar surface area (TPSA) is 247 Å². The molecule has 0 radical (unpaired) electrons. The molecule has 0 aromatic carbocycles. The summed E-state index contributed by atoms with van der Waals surface area (Å²) in [6.07, 6.45) is -6.36. The smallest absolute Gasteiger partial charge is 0.335 e. The van der Waals surface area contributed by atoms with Crippen molar-refractivity contribution in [3.8, 4) is 0 Å². The molecule has 140 valence electrons. The minimum Gasteiger partial charge on any atom is -0.481 e. The van der Waals surface area contributed by atoms with Gasteiger partial charge in [0.15, 0.2) is 12.2 Å². The van der Waals surface area contributed by atoms with Crippen LogP contribution in [0.1, 0.15) is 19.8 Å². The summed E-state index contributed by atoms with van der Waals surface area (Å²) in [4.78, 5) is 48.3. The molecular formula is C11H18O13. The van der Waals surface area contributed by atoms with Crippen molar-refractivity contribution in [1.82, 2.24) is 0 Å². The molecular weight excluding hydrogens is 340 g/mol. The molecule has 24 heavy (non-hydrogen) atoms. The van der Waals surface area contributed by atoms with Crippen LogP contribution < -0.4 is 0 Å². The first kappa shape index (κ1) is 26.1. The fourth-order valence-electron chi connectivity index (χ4n) is 0.484. The van der Waals surface area contributed by atoms with Crippen molar-refractivity contribution >= 4 is 29.8 Å². The van der Waals surface area contributed by atoms with E-state index in [9.17, 15) is 24.0 Å². The number of aliphatic hydroxyl groups is 3. The molecule has 13 nitrogen and oxygen atoms in total. The van der Waals surface area contributed by atoms with Gasteiger partial charge in [0.25, 0.3) is 0 Å². The third kappa shape index (κ3) is 19.2. The van der Waals surface area contributed by atoms with E-state index >= 15 is 0 Å². The van der Waals surface area contributed by atoms with E-state index in [-0.39, 0.29) is 12.8 Å². The largest absolute Gasteiger partial charge is 0.481 e. The summed E-state index contributed by atoms with van der Waals surface area (Å²) in [6.45, 7) is 1.20. The summed E-state index contributed by atoms with van der Waals surface area (Å²) < 4.78 is 0. The van der Waals surface area contributed by atoms with Crippen LogP contribution >= 0.6 is 0 Å². The van der Waals surface area contributed by atoms with Gasteiger partial charge < -0.3 is 40.9 Å². The van der Waals surface area contributed by atoms with E-state index in [4.69, 9.17) is 40.9 Å². The first-order chi connectivity index (χ1) is 10.7. The Morgan fingerprint density at radius 1 is 0.625 bits per heavy atom. The molecule has 8 N–H and O–H groups in total. The highest BCUT2D eigenvalue weighted by Gasteiger charge is 2.29. The van der Waals surface area contributed by atoms with Gasteiger partial charge in [-0.15, -0.1) is 0 Å². The van der Waals surface area contributed by atoms with Crippen molar-refractivity contribution < 1.29 is 64.8 Å². The van der Waals surface area contributed by atoms with Gasteiger partial charge in [0.05, 0.1) is 12.8 Å². The van der Waals surface area contributed by atoms with Crippen LogP contribution in [0.3, 0.4) is 0 Å². The minimum atomic E-state index is -2.27. The molecule has 0 aromatic heterocycles. The SMILES string of the molecule is C[C@H](O)C(=O)O.O=C(O)CCC(=O)O.O=C(O)[C@H](O)[C@@H](O)C(=O)O. The second-order valence-corrected chi connectivity index (χ2v) is 3.87. The zero-order valence-corrected chi connectivity index (χ0v) is 12.3. The van der Waals surface area contributed by atoms with Crippen LogP contribution in [0.2, 0.25) is 0 Å². The summed E-state index contributed by atoms with van der Waals surface area (Å²) >= 11 is 0. The molecule has 0 heterocycles. The van der Waals surface area contributed by atoms with Crippen molar-refractivity contribution in [3.05, 3.63) is 0 Å². The Hall–Kier alpha value is -2.77. The van der Waals surface area contributed by atoms with E-state index in [1.165, 1.54) is 6.92 Å². The third-order valence-electron chi connectivity index (χ3n) is 1.72. The maximum absolute atomic E-state index is 9.77. The number of hydrogen-bond donors (Lipinski definition) is 8. The number of rotatable bonds is 7. The molecule has 0 fully saturated rings. The van der Waals surface area contributed by atoms with E-state index in [0.29, 0.717) is 0 Å². The van der Waals surface area contributed by atoms with Gasteiger partial charge >= 0.3 is 29.8 Å². The molecule has 13 heteroatoms. The third-order valence-corrected chi connectivity index (χ3v) is 1.72. The predicted octanol–water partition coefficient (Wildman–Crippen LogP) is -2.73. The number of carboxylic acids is 5. The number of carboxylic acid groups (broad SMARTS) is 5. The van der Waals surface area contributed by atoms with Crippen LogP contribution in [0, 0.1) is 0 Å². The monoisotopic (exact) mass is 358 g/mol. The van der Waals surface area contributed by atoms with Crippen molar-refractivity contribution in [2.75, 3.05) is 0 Å². The van der Waals surface area contributed by atoms with Gasteiger partial charge in [0, 0.05) is 0 Å². The lowest BCUT2D eigenvalue weighted by molar-refractivity contribution is -0.165. The molecule has 0 aliphatic rings. The number of carbonyl (C=O) groups is 5. The summed E-state index contributed by atoms with van der Waals surface area (Å²) in [6, 6.07) is 0. The van der Waals surface area contributed by atoms with Crippen molar-refractivity contribution in [3.63, 3.8) is 0 Å². The highest BCUT2D eigenvalue weighted by Crippen LogP contribution is 1.92. The second-order valence-electron chi connectivity index (χ2n) is 3.87. The minimum absolute atomic E-state index is 0.296. The number of aliphatic carboxylic acids is 5. The Bertz CT molecular complexity index is 409. The Kier molecular flexibility index (Phi) is 15.1. The molecule has 0 spiro atoms. The zero-order valence-electron chi connectivity index (χ0n) is 12.3. The van der Waals surface area contributed by atoms with Gasteiger partial charge in [-0.3, -0.25) is 9.59 Å². The first-order valence-corrected chi connectivity index (χ1v) is 5.90. The van der Waals surface area contributed by atoms with Crippen molar-refractivity contribution in [2.24, 2.45) is 0 Å². The number of aliphatic hydroxyl groups excluding tert-OH is 3. The highest BCUT2D eigenvalue weighted by atomic mass is 16.4. The fourth-order valence-corrected chi connectivity index (χ4v) is 0.484. The lowest BCUT2D eigenvalue weighted by atomic mass is 10.2. The molecule has 3 atom stereocenters. The first-order valence-electron chi connectivity index (χ1n) is 5.90.